The van der Waals surface area contributed by atoms with Crippen molar-refractivity contribution in [1.29, 1.82) is 0 Å². The Bertz CT molecular complexity index is 1200. The number of nitrogens with one attached hydrogen (secondary N) is 1. The summed E-state index contributed by atoms with van der Waals surface area (Å²) < 4.78 is 15.0. The third-order valence-electron chi connectivity index (χ3n) is 4.88. The Hall–Kier alpha value is -3.52. The highest BCUT2D eigenvalue weighted by Gasteiger charge is 2.53. The van der Waals surface area contributed by atoms with E-state index in [9.17, 15) is 23.9 Å². The normalized spacial score (nSPS) is 20.2. The predicted molar refractivity (Wildman–Crippen MR) is 114 cm³/mol. The number of nitrogens with zero attached hydrogens (tertiary/aromatic N) is 4. The number of oxime groups is 1. The van der Waals surface area contributed by atoms with Gasteiger partial charge in [0.1, 0.15) is 24.2 Å². The van der Waals surface area contributed by atoms with Gasteiger partial charge in [0.05, 0.1) is 11.7 Å². The van der Waals surface area contributed by atoms with Gasteiger partial charge in [0.2, 0.25) is 6.20 Å². The molecule has 3 N–H and O–H groups in total. The number of halogens is 1. The molecule has 2 atom stereocenters. The van der Waals surface area contributed by atoms with Crippen LogP contribution in [0, 0.1) is 5.82 Å². The maximum atomic E-state index is 13.5. The fourth-order valence-corrected chi connectivity index (χ4v) is 5.39. The molecular formula is C19H17FN6O5S2. The van der Waals surface area contributed by atoms with Gasteiger partial charge in [-0.25, -0.2) is 9.37 Å². The zero-order chi connectivity index (χ0) is 23.7. The fraction of sp³-hybridized carbons (Fsp3) is 0.263. The van der Waals surface area contributed by atoms with Crippen molar-refractivity contribution >= 4 is 51.7 Å². The third kappa shape index (κ3) is 4.39. The van der Waals surface area contributed by atoms with Crippen molar-refractivity contribution in [2.75, 3.05) is 18.6 Å². The van der Waals surface area contributed by atoms with Crippen LogP contribution in [0.15, 0.2) is 46.3 Å². The number of carboxylic acid groups (broad SMARTS) is 1. The number of carbonyl (C=O) groups excluding carboxylic acids is 3. The van der Waals surface area contributed by atoms with Crippen molar-refractivity contribution in [2.24, 2.45) is 5.16 Å². The molecule has 2 aliphatic heterocycles. The molecule has 2 aliphatic rings. The summed E-state index contributed by atoms with van der Waals surface area (Å²) in [6.07, 6.45) is 2.81. The summed E-state index contributed by atoms with van der Waals surface area (Å²) in [4.78, 5) is 47.2. The van der Waals surface area contributed by atoms with Crippen LogP contribution in [0.25, 0.3) is 0 Å². The Morgan fingerprint density at radius 3 is 2.94 bits per heavy atom. The van der Waals surface area contributed by atoms with Crippen LogP contribution >= 0.6 is 23.1 Å². The zero-order valence-corrected chi connectivity index (χ0v) is 18.7. The molecule has 172 valence electrons. The highest BCUT2D eigenvalue weighted by molar-refractivity contribution is 8.00. The van der Waals surface area contributed by atoms with Crippen LogP contribution in [-0.2, 0) is 25.8 Å². The minimum atomic E-state index is -1.52. The molecule has 2 aromatic rings. The maximum absolute atomic E-state index is 13.5. The number of nitrogen functional groups attached to an aromatic ring is 1. The van der Waals surface area contributed by atoms with Gasteiger partial charge in [-0.1, -0.05) is 5.16 Å². The summed E-state index contributed by atoms with van der Waals surface area (Å²) in [5.74, 6) is -3.09. The van der Waals surface area contributed by atoms with Crippen LogP contribution in [0.2, 0.25) is 0 Å². The van der Waals surface area contributed by atoms with E-state index in [0.29, 0.717) is 5.57 Å². The highest BCUT2D eigenvalue weighted by atomic mass is 32.2. The SMILES string of the molecule is CO/N=C(\C(=O)N[C@@H]1C(=O)N2C(C(=O)[O-])=C(C[n+]3cccc(F)c3)CS[C@H]12)c1csc(N)n1. The second-order valence-corrected chi connectivity index (χ2v) is 8.98. The summed E-state index contributed by atoms with van der Waals surface area (Å²) in [6, 6.07) is 1.77. The van der Waals surface area contributed by atoms with Gasteiger partial charge in [-0.05, 0) is 6.07 Å². The van der Waals surface area contributed by atoms with Gasteiger partial charge >= 0.3 is 0 Å². The first-order chi connectivity index (χ1) is 15.8. The molecule has 1 saturated heterocycles. The van der Waals surface area contributed by atoms with E-state index < -0.39 is 35.0 Å². The van der Waals surface area contributed by atoms with Gasteiger partial charge in [0.15, 0.2) is 29.4 Å². The van der Waals surface area contributed by atoms with Gasteiger partial charge < -0.3 is 25.8 Å². The molecule has 1 fully saturated rings. The quantitative estimate of drug-likeness (QED) is 0.207. The van der Waals surface area contributed by atoms with E-state index in [0.717, 1.165) is 16.2 Å². The monoisotopic (exact) mass is 492 g/mol. The number of anilines is 1. The lowest BCUT2D eigenvalue weighted by molar-refractivity contribution is -0.690. The average molecular weight is 493 g/mol. The smallest absolute Gasteiger partial charge is 0.276 e. The lowest BCUT2D eigenvalue weighted by Gasteiger charge is -2.50. The summed E-state index contributed by atoms with van der Waals surface area (Å²) in [5.41, 5.74) is 5.74. The number of nitrogens with two attached hydrogens (primary N) is 1. The Balaban J connectivity index is 1.54. The predicted octanol–water partition coefficient (Wildman–Crippen LogP) is -1.39. The number of rotatable bonds is 7. The van der Waals surface area contributed by atoms with Gasteiger partial charge in [-0.3, -0.25) is 14.5 Å². The standard InChI is InChI=1S/C19H17FN6O5S2/c1-31-24-12(11-8-33-19(21)22-11)15(27)23-13-16(28)26-14(18(29)30)9(7-32-17(13)26)5-25-4-2-3-10(20)6-25/h2-4,6,8,13,17H,5,7H2,1H3,(H3-,21,22,23,27,29,30)/b24-12-/t13-,17-/m1/s1. The van der Waals surface area contributed by atoms with E-state index in [4.69, 9.17) is 10.6 Å². The number of pyridine rings is 1. The molecule has 0 aliphatic carbocycles. The van der Waals surface area contributed by atoms with Crippen LogP contribution in [0.1, 0.15) is 5.69 Å². The summed E-state index contributed by atoms with van der Waals surface area (Å²) in [6.45, 7) is 0.0670. The lowest BCUT2D eigenvalue weighted by Crippen LogP contribution is -2.71. The van der Waals surface area contributed by atoms with E-state index in [1.54, 1.807) is 6.20 Å². The largest absolute Gasteiger partial charge is 0.543 e. The van der Waals surface area contributed by atoms with E-state index in [2.05, 4.69) is 15.5 Å². The minimum absolute atomic E-state index is 0.0670. The Kier molecular flexibility index (Phi) is 6.29. The number of hydrogen-bond donors (Lipinski definition) is 2. The van der Waals surface area contributed by atoms with Crippen LogP contribution in [0.4, 0.5) is 9.52 Å². The number of carboxylic acids is 1. The number of aliphatic carboxylic acids is 1. The molecule has 4 heterocycles. The summed E-state index contributed by atoms with van der Waals surface area (Å²) >= 11 is 2.38. The number of aromatic nitrogens is 2. The lowest BCUT2D eigenvalue weighted by atomic mass is 10.0. The van der Waals surface area contributed by atoms with Crippen LogP contribution in [0.3, 0.4) is 0 Å². The van der Waals surface area contributed by atoms with Crippen molar-refractivity contribution in [3.05, 3.63) is 52.7 Å². The second-order valence-electron chi connectivity index (χ2n) is 6.99. The van der Waals surface area contributed by atoms with Crippen molar-refractivity contribution < 1.29 is 33.3 Å². The Morgan fingerprint density at radius 2 is 2.30 bits per heavy atom. The van der Waals surface area contributed by atoms with Gasteiger partial charge in [-0.15, -0.1) is 23.1 Å². The van der Waals surface area contributed by atoms with Gasteiger partial charge in [0, 0.05) is 22.8 Å². The van der Waals surface area contributed by atoms with Crippen LogP contribution in [0.5, 0.6) is 0 Å². The number of β-lactam (4-membered cyclic amide) rings is 1. The van der Waals surface area contributed by atoms with Crippen LogP contribution in [-0.4, -0.2) is 57.7 Å². The molecule has 0 unspecified atom stereocenters. The molecule has 4 rings (SSSR count). The average Bonchev–Trinajstić information content (AvgIpc) is 3.21. The Labute approximate surface area is 194 Å². The molecule has 2 aromatic heterocycles. The number of carbonyl (C=O) groups is 3. The molecular weight excluding hydrogens is 475 g/mol. The zero-order valence-electron chi connectivity index (χ0n) is 17.1. The second kappa shape index (κ2) is 9.15. The number of hydrogen-bond acceptors (Lipinski definition) is 10. The van der Waals surface area contributed by atoms with Crippen molar-refractivity contribution in [3.8, 4) is 0 Å². The highest BCUT2D eigenvalue weighted by Crippen LogP contribution is 2.40. The number of fused-ring (bicyclic) bond motifs is 1. The molecule has 0 spiro atoms. The number of thiazole rings is 1. The molecule has 33 heavy (non-hydrogen) atoms. The topological polar surface area (TPSA) is 154 Å². The summed E-state index contributed by atoms with van der Waals surface area (Å²) in [7, 11) is 1.26. The molecule has 14 heteroatoms. The van der Waals surface area contributed by atoms with Crippen molar-refractivity contribution in [2.45, 2.75) is 18.0 Å². The van der Waals surface area contributed by atoms with Crippen LogP contribution < -0.4 is 20.7 Å². The first kappa shape index (κ1) is 22.7. The van der Waals surface area contributed by atoms with Gasteiger partial charge in [0.25, 0.3) is 11.8 Å². The molecule has 11 nitrogen and oxygen atoms in total. The summed E-state index contributed by atoms with van der Waals surface area (Å²) in [5, 5.41) is 19.2. The van der Waals surface area contributed by atoms with E-state index in [1.807, 2.05) is 0 Å². The first-order valence-corrected chi connectivity index (χ1v) is 11.4. The van der Waals surface area contributed by atoms with Gasteiger partial charge in [-0.2, -0.15) is 4.57 Å². The van der Waals surface area contributed by atoms with Crippen molar-refractivity contribution in [1.82, 2.24) is 15.2 Å². The number of amides is 2. The first-order valence-electron chi connectivity index (χ1n) is 9.46. The Morgan fingerprint density at radius 1 is 1.52 bits per heavy atom. The molecule has 0 saturated carbocycles. The third-order valence-corrected chi connectivity index (χ3v) is 6.90. The van der Waals surface area contributed by atoms with Crippen molar-refractivity contribution in [3.63, 3.8) is 0 Å². The van der Waals surface area contributed by atoms with E-state index in [-0.39, 0.29) is 34.5 Å². The van der Waals surface area contributed by atoms with E-state index >= 15 is 0 Å². The van der Waals surface area contributed by atoms with E-state index in [1.165, 1.54) is 47.1 Å². The number of thioether (sulfide) groups is 1. The molecule has 0 radical (unpaired) electrons. The maximum Gasteiger partial charge on any atom is 0.276 e. The molecule has 2 amide bonds. The fourth-order valence-electron chi connectivity index (χ4n) is 3.50. The minimum Gasteiger partial charge on any atom is -0.543 e. The molecule has 0 bridgehead atoms. The molecule has 0 aromatic carbocycles.